The molecule has 1 nitrogen and oxygen atoms in total. The van der Waals surface area contributed by atoms with Crippen LogP contribution < -0.4 is 4.57 Å². The van der Waals surface area contributed by atoms with Crippen LogP contribution in [0, 0.1) is 0 Å². The first-order chi connectivity index (χ1) is 12.9. The average Bonchev–Trinajstić information content (AvgIpc) is 2.68. The Morgan fingerprint density at radius 2 is 1.23 bits per heavy atom. The normalized spacial score (nSPS) is 11.0. The monoisotopic (exact) mass is 352 g/mol. The van der Waals surface area contributed by atoms with E-state index < -0.39 is 0 Å². The summed E-state index contributed by atoms with van der Waals surface area (Å²) in [7, 11) is 0. The summed E-state index contributed by atoms with van der Waals surface area (Å²) in [4.78, 5) is 0. The van der Waals surface area contributed by atoms with Gasteiger partial charge in [0.25, 0.3) is 0 Å². The highest BCUT2D eigenvalue weighted by Crippen LogP contribution is 2.11. The van der Waals surface area contributed by atoms with E-state index in [0.717, 1.165) is 13.0 Å². The Balaban J connectivity index is 1.56. The van der Waals surface area contributed by atoms with E-state index in [4.69, 9.17) is 0 Å². The van der Waals surface area contributed by atoms with Gasteiger partial charge in [-0.1, -0.05) is 88.6 Å². The molecule has 0 spiro atoms. The van der Waals surface area contributed by atoms with Gasteiger partial charge in [0, 0.05) is 18.1 Å². The molecule has 0 fully saturated rings. The average molecular weight is 353 g/mol. The minimum Gasteiger partial charge on any atom is -0.205 e. The summed E-state index contributed by atoms with van der Waals surface area (Å²) in [6, 6.07) is 15.3. The van der Waals surface area contributed by atoms with Crippen LogP contribution in [0.15, 0.2) is 54.9 Å². The summed E-state index contributed by atoms with van der Waals surface area (Å²) in [5, 5.41) is 0. The molecule has 26 heavy (non-hydrogen) atoms. The quantitative estimate of drug-likeness (QED) is 0.264. The number of pyridine rings is 1. The molecule has 0 saturated heterocycles. The highest BCUT2D eigenvalue weighted by molar-refractivity contribution is 5.14. The van der Waals surface area contributed by atoms with Crippen LogP contribution in [0.3, 0.4) is 0 Å². The van der Waals surface area contributed by atoms with Crippen molar-refractivity contribution in [3.05, 3.63) is 66.0 Å². The number of benzene rings is 1. The molecule has 1 heteroatoms. The fourth-order valence-corrected chi connectivity index (χ4v) is 3.61. The highest BCUT2D eigenvalue weighted by atomic mass is 14.9. The van der Waals surface area contributed by atoms with Crippen LogP contribution >= 0.6 is 0 Å². The van der Waals surface area contributed by atoms with E-state index in [2.05, 4.69) is 66.3 Å². The molecule has 0 amide bonds. The standard InChI is InChI=1S/C25H38N/c1-2-3-4-5-6-7-8-9-11-18-25-20-15-22-26(23-25)21-14-19-24-16-12-10-13-17-24/h10,12-13,15-17,20,22-23H,2-9,11,14,18-19,21H2,1H3/q+1. The van der Waals surface area contributed by atoms with E-state index in [-0.39, 0.29) is 0 Å². The first kappa shape index (κ1) is 20.7. The third-order valence-corrected chi connectivity index (χ3v) is 5.21. The molecule has 0 saturated carbocycles. The maximum absolute atomic E-state index is 2.37. The Labute approximate surface area is 161 Å². The summed E-state index contributed by atoms with van der Waals surface area (Å²) in [6.45, 7) is 3.40. The second-order valence-corrected chi connectivity index (χ2v) is 7.62. The summed E-state index contributed by atoms with van der Waals surface area (Å²) in [5.41, 5.74) is 2.94. The molecule has 142 valence electrons. The molecule has 0 N–H and O–H groups in total. The lowest BCUT2D eigenvalue weighted by atomic mass is 10.0. The summed E-state index contributed by atoms with van der Waals surface area (Å²) < 4.78 is 2.37. The van der Waals surface area contributed by atoms with Crippen LogP contribution in [0.2, 0.25) is 0 Å². The molecule has 1 aromatic heterocycles. The summed E-state index contributed by atoms with van der Waals surface area (Å²) >= 11 is 0. The molecule has 0 unspecified atom stereocenters. The van der Waals surface area contributed by atoms with Crippen molar-refractivity contribution in [2.45, 2.75) is 90.5 Å². The molecule has 1 aromatic carbocycles. The molecular formula is C25H38N+. The van der Waals surface area contributed by atoms with Gasteiger partial charge in [0.15, 0.2) is 12.4 Å². The SMILES string of the molecule is CCCCCCCCCCCc1ccc[n+](CCCc2ccccc2)c1. The smallest absolute Gasteiger partial charge is 0.171 e. The number of aromatic nitrogens is 1. The van der Waals surface area contributed by atoms with Gasteiger partial charge in [0.2, 0.25) is 0 Å². The van der Waals surface area contributed by atoms with Gasteiger partial charge in [-0.25, -0.2) is 4.57 Å². The van der Waals surface area contributed by atoms with Crippen molar-refractivity contribution in [3.63, 3.8) is 0 Å². The van der Waals surface area contributed by atoms with E-state index in [1.54, 1.807) is 0 Å². The van der Waals surface area contributed by atoms with Crippen molar-refractivity contribution >= 4 is 0 Å². The third kappa shape index (κ3) is 9.17. The Hall–Kier alpha value is -1.63. The zero-order valence-electron chi connectivity index (χ0n) is 16.8. The topological polar surface area (TPSA) is 3.88 Å². The molecule has 0 aliphatic heterocycles. The Kier molecular flexibility index (Phi) is 10.8. The Bertz CT molecular complexity index is 576. The van der Waals surface area contributed by atoms with Crippen LogP contribution in [-0.4, -0.2) is 0 Å². The van der Waals surface area contributed by atoms with Gasteiger partial charge in [-0.3, -0.25) is 0 Å². The lowest BCUT2D eigenvalue weighted by molar-refractivity contribution is -0.697. The van der Waals surface area contributed by atoms with Crippen molar-refractivity contribution in [1.82, 2.24) is 0 Å². The second-order valence-electron chi connectivity index (χ2n) is 7.62. The minimum absolute atomic E-state index is 1.11. The Morgan fingerprint density at radius 1 is 0.615 bits per heavy atom. The van der Waals surface area contributed by atoms with Crippen LogP contribution in [0.1, 0.15) is 82.3 Å². The third-order valence-electron chi connectivity index (χ3n) is 5.21. The van der Waals surface area contributed by atoms with Crippen LogP contribution in [0.4, 0.5) is 0 Å². The lowest BCUT2D eigenvalue weighted by Gasteiger charge is -2.03. The molecule has 0 atom stereocenters. The zero-order valence-corrected chi connectivity index (χ0v) is 16.8. The van der Waals surface area contributed by atoms with Crippen molar-refractivity contribution in [2.24, 2.45) is 0 Å². The summed E-state index contributed by atoms with van der Waals surface area (Å²) in [6.07, 6.45) is 20.8. The molecule has 2 aromatic rings. The molecule has 0 radical (unpaired) electrons. The number of hydrogen-bond acceptors (Lipinski definition) is 0. The van der Waals surface area contributed by atoms with Gasteiger partial charge in [-0.15, -0.1) is 0 Å². The molecular weight excluding hydrogens is 314 g/mol. The zero-order chi connectivity index (χ0) is 18.3. The maximum atomic E-state index is 2.37. The van der Waals surface area contributed by atoms with E-state index in [1.807, 2.05) is 0 Å². The molecule has 0 bridgehead atoms. The van der Waals surface area contributed by atoms with Gasteiger partial charge in [0.05, 0.1) is 0 Å². The number of rotatable bonds is 14. The van der Waals surface area contributed by atoms with Crippen LogP contribution in [0.5, 0.6) is 0 Å². The van der Waals surface area contributed by atoms with Crippen molar-refractivity contribution < 1.29 is 4.57 Å². The van der Waals surface area contributed by atoms with E-state index in [0.29, 0.717) is 0 Å². The summed E-state index contributed by atoms with van der Waals surface area (Å²) in [5.74, 6) is 0. The van der Waals surface area contributed by atoms with E-state index >= 15 is 0 Å². The number of nitrogens with zero attached hydrogens (tertiary/aromatic N) is 1. The highest BCUT2D eigenvalue weighted by Gasteiger charge is 2.03. The lowest BCUT2D eigenvalue weighted by Crippen LogP contribution is -2.33. The van der Waals surface area contributed by atoms with E-state index in [1.165, 1.54) is 81.8 Å². The van der Waals surface area contributed by atoms with Gasteiger partial charge in [-0.05, 0) is 30.9 Å². The predicted octanol–water partition coefficient (Wildman–Crippen LogP) is 6.68. The van der Waals surface area contributed by atoms with Gasteiger partial charge in [0.1, 0.15) is 6.54 Å². The fourth-order valence-electron chi connectivity index (χ4n) is 3.61. The van der Waals surface area contributed by atoms with Crippen molar-refractivity contribution in [3.8, 4) is 0 Å². The van der Waals surface area contributed by atoms with Crippen LogP contribution in [-0.2, 0) is 19.4 Å². The predicted molar refractivity (Wildman–Crippen MR) is 112 cm³/mol. The number of unbranched alkanes of at least 4 members (excludes halogenated alkanes) is 8. The molecule has 0 aliphatic carbocycles. The fraction of sp³-hybridized carbons (Fsp3) is 0.560. The number of hydrogen-bond donors (Lipinski definition) is 0. The van der Waals surface area contributed by atoms with Crippen molar-refractivity contribution in [2.75, 3.05) is 0 Å². The minimum atomic E-state index is 1.11. The maximum Gasteiger partial charge on any atom is 0.171 e. The molecule has 2 rings (SSSR count). The van der Waals surface area contributed by atoms with E-state index in [9.17, 15) is 0 Å². The second kappa shape index (κ2) is 13.6. The van der Waals surface area contributed by atoms with Crippen LogP contribution in [0.25, 0.3) is 0 Å². The first-order valence-corrected chi connectivity index (χ1v) is 10.9. The Morgan fingerprint density at radius 3 is 1.96 bits per heavy atom. The number of aryl methyl sites for hydroxylation is 3. The van der Waals surface area contributed by atoms with Gasteiger partial charge in [-0.2, -0.15) is 0 Å². The van der Waals surface area contributed by atoms with Gasteiger partial charge < -0.3 is 0 Å². The van der Waals surface area contributed by atoms with Crippen molar-refractivity contribution in [1.29, 1.82) is 0 Å². The first-order valence-electron chi connectivity index (χ1n) is 10.9. The largest absolute Gasteiger partial charge is 0.205 e. The molecule has 1 heterocycles. The van der Waals surface area contributed by atoms with Gasteiger partial charge >= 0.3 is 0 Å². The molecule has 0 aliphatic rings.